The molecular formula is C17H26N2OS. The standard InChI is InChI=1S/C17H26N2OS/c1-14-8-10-15(11-9-14)19(17(18)20)12-5-13-21-16-6-3-2-4-7-16/h2-4,6-7,14-15H,5,8-13H2,1H3,(H2,18,20). The molecule has 3 nitrogen and oxygen atoms in total. The minimum atomic E-state index is -0.251. The molecule has 1 aliphatic rings. The summed E-state index contributed by atoms with van der Waals surface area (Å²) < 4.78 is 0. The van der Waals surface area contributed by atoms with Gasteiger partial charge in [-0.1, -0.05) is 25.1 Å². The number of hydrogen-bond acceptors (Lipinski definition) is 2. The molecule has 0 heterocycles. The van der Waals surface area contributed by atoms with Crippen LogP contribution in [0.5, 0.6) is 0 Å². The fourth-order valence-corrected chi connectivity index (χ4v) is 3.83. The first kappa shape index (κ1) is 16.2. The molecular weight excluding hydrogens is 280 g/mol. The predicted molar refractivity (Wildman–Crippen MR) is 89.5 cm³/mol. The molecule has 2 N–H and O–H groups in total. The fourth-order valence-electron chi connectivity index (χ4n) is 2.97. The number of primary amides is 1. The summed E-state index contributed by atoms with van der Waals surface area (Å²) in [7, 11) is 0. The number of hydrogen-bond donors (Lipinski definition) is 1. The van der Waals surface area contributed by atoms with Crippen LogP contribution in [0.3, 0.4) is 0 Å². The Kier molecular flexibility index (Phi) is 6.43. The highest BCUT2D eigenvalue weighted by atomic mass is 32.2. The fraction of sp³-hybridized carbons (Fsp3) is 0.588. The van der Waals surface area contributed by atoms with E-state index in [-0.39, 0.29) is 6.03 Å². The smallest absolute Gasteiger partial charge is 0.315 e. The Bertz CT molecular complexity index is 430. The second-order valence-corrected chi connectivity index (χ2v) is 7.13. The second kappa shape index (κ2) is 8.32. The van der Waals surface area contributed by atoms with Crippen molar-refractivity contribution >= 4 is 17.8 Å². The molecule has 0 atom stereocenters. The van der Waals surface area contributed by atoms with E-state index in [2.05, 4.69) is 31.2 Å². The third-order valence-corrected chi connectivity index (χ3v) is 5.36. The van der Waals surface area contributed by atoms with E-state index in [9.17, 15) is 4.79 Å². The maximum absolute atomic E-state index is 11.7. The molecule has 1 fully saturated rings. The second-order valence-electron chi connectivity index (χ2n) is 5.96. The van der Waals surface area contributed by atoms with Crippen molar-refractivity contribution in [2.45, 2.75) is 50.0 Å². The number of carbonyl (C=O) groups is 1. The van der Waals surface area contributed by atoms with E-state index < -0.39 is 0 Å². The molecule has 0 aliphatic heterocycles. The Labute approximate surface area is 132 Å². The molecule has 0 aromatic heterocycles. The number of thioether (sulfide) groups is 1. The van der Waals surface area contributed by atoms with Crippen LogP contribution in [0.25, 0.3) is 0 Å². The van der Waals surface area contributed by atoms with E-state index in [0.717, 1.165) is 37.5 Å². The van der Waals surface area contributed by atoms with Gasteiger partial charge in [-0.05, 0) is 55.9 Å². The van der Waals surface area contributed by atoms with E-state index in [1.54, 1.807) is 0 Å². The van der Waals surface area contributed by atoms with Crippen LogP contribution in [0.4, 0.5) is 4.79 Å². The van der Waals surface area contributed by atoms with Crippen molar-refractivity contribution in [2.24, 2.45) is 11.7 Å². The largest absolute Gasteiger partial charge is 0.351 e. The van der Waals surface area contributed by atoms with E-state index in [1.165, 1.54) is 17.7 Å². The molecule has 116 valence electrons. The quantitative estimate of drug-likeness (QED) is 0.634. The summed E-state index contributed by atoms with van der Waals surface area (Å²) in [6, 6.07) is 10.5. The zero-order valence-corrected chi connectivity index (χ0v) is 13.6. The minimum Gasteiger partial charge on any atom is -0.351 e. The zero-order valence-electron chi connectivity index (χ0n) is 12.8. The average molecular weight is 306 g/mol. The molecule has 0 unspecified atom stereocenters. The summed E-state index contributed by atoms with van der Waals surface area (Å²) in [6.45, 7) is 3.08. The van der Waals surface area contributed by atoms with Gasteiger partial charge in [-0.3, -0.25) is 0 Å². The number of carbonyl (C=O) groups excluding carboxylic acids is 1. The van der Waals surface area contributed by atoms with Crippen LogP contribution in [0.1, 0.15) is 39.0 Å². The highest BCUT2D eigenvalue weighted by Crippen LogP contribution is 2.27. The maximum Gasteiger partial charge on any atom is 0.315 e. The monoisotopic (exact) mass is 306 g/mol. The normalized spacial score (nSPS) is 22.0. The first-order valence-electron chi connectivity index (χ1n) is 7.90. The van der Waals surface area contributed by atoms with Crippen molar-refractivity contribution < 1.29 is 4.79 Å². The summed E-state index contributed by atoms with van der Waals surface area (Å²) in [6.07, 6.45) is 5.64. The van der Waals surface area contributed by atoms with Crippen LogP contribution in [-0.2, 0) is 0 Å². The molecule has 0 radical (unpaired) electrons. The molecule has 1 aliphatic carbocycles. The topological polar surface area (TPSA) is 46.3 Å². The lowest BCUT2D eigenvalue weighted by molar-refractivity contribution is 0.153. The molecule has 0 saturated heterocycles. The SMILES string of the molecule is CC1CCC(N(CCCSc2ccccc2)C(N)=O)CC1. The van der Waals surface area contributed by atoms with E-state index in [4.69, 9.17) is 5.73 Å². The van der Waals surface area contributed by atoms with Gasteiger partial charge < -0.3 is 10.6 Å². The Hall–Kier alpha value is -1.16. The van der Waals surface area contributed by atoms with Gasteiger partial charge >= 0.3 is 6.03 Å². The summed E-state index contributed by atoms with van der Waals surface area (Å²) in [4.78, 5) is 14.9. The van der Waals surface area contributed by atoms with Crippen LogP contribution < -0.4 is 5.73 Å². The highest BCUT2D eigenvalue weighted by molar-refractivity contribution is 7.99. The molecule has 1 aromatic rings. The molecule has 1 saturated carbocycles. The van der Waals surface area contributed by atoms with E-state index >= 15 is 0 Å². The minimum absolute atomic E-state index is 0.251. The summed E-state index contributed by atoms with van der Waals surface area (Å²) in [5.74, 6) is 1.82. The number of benzene rings is 1. The van der Waals surface area contributed by atoms with Gasteiger partial charge in [0, 0.05) is 17.5 Å². The van der Waals surface area contributed by atoms with Crippen molar-refractivity contribution in [1.29, 1.82) is 0 Å². The molecule has 1 aromatic carbocycles. The van der Waals surface area contributed by atoms with Crippen LogP contribution >= 0.6 is 11.8 Å². The number of amides is 2. The van der Waals surface area contributed by atoms with Crippen molar-refractivity contribution in [3.8, 4) is 0 Å². The number of nitrogens with zero attached hydrogens (tertiary/aromatic N) is 1. The first-order valence-corrected chi connectivity index (χ1v) is 8.89. The molecule has 0 bridgehead atoms. The number of urea groups is 1. The van der Waals surface area contributed by atoms with Gasteiger partial charge in [0.2, 0.25) is 0 Å². The summed E-state index contributed by atoms with van der Waals surface area (Å²) >= 11 is 1.84. The Morgan fingerprint density at radius 3 is 2.52 bits per heavy atom. The van der Waals surface area contributed by atoms with Gasteiger partial charge in [-0.2, -0.15) is 0 Å². The van der Waals surface area contributed by atoms with Gasteiger partial charge in [-0.15, -0.1) is 11.8 Å². The first-order chi connectivity index (χ1) is 10.2. The summed E-state index contributed by atoms with van der Waals surface area (Å²) in [5.41, 5.74) is 5.58. The molecule has 21 heavy (non-hydrogen) atoms. The third kappa shape index (κ3) is 5.27. The van der Waals surface area contributed by atoms with Gasteiger partial charge in [0.1, 0.15) is 0 Å². The Morgan fingerprint density at radius 2 is 1.90 bits per heavy atom. The Morgan fingerprint density at radius 1 is 1.24 bits per heavy atom. The van der Waals surface area contributed by atoms with Gasteiger partial charge in [0.15, 0.2) is 0 Å². The summed E-state index contributed by atoms with van der Waals surface area (Å²) in [5, 5.41) is 0. The van der Waals surface area contributed by atoms with Crippen molar-refractivity contribution in [3.63, 3.8) is 0 Å². The van der Waals surface area contributed by atoms with Gasteiger partial charge in [-0.25, -0.2) is 4.79 Å². The van der Waals surface area contributed by atoms with Crippen LogP contribution in [0.15, 0.2) is 35.2 Å². The number of nitrogens with two attached hydrogens (primary N) is 1. The average Bonchev–Trinajstić information content (AvgIpc) is 2.49. The van der Waals surface area contributed by atoms with Gasteiger partial charge in [0.25, 0.3) is 0 Å². The highest BCUT2D eigenvalue weighted by Gasteiger charge is 2.25. The number of rotatable bonds is 6. The molecule has 4 heteroatoms. The molecule has 0 spiro atoms. The predicted octanol–water partition coefficient (Wildman–Crippen LogP) is 4.13. The lowest BCUT2D eigenvalue weighted by atomic mass is 9.86. The van der Waals surface area contributed by atoms with Crippen molar-refractivity contribution in [1.82, 2.24) is 4.90 Å². The van der Waals surface area contributed by atoms with Crippen molar-refractivity contribution in [2.75, 3.05) is 12.3 Å². The molecule has 2 amide bonds. The van der Waals surface area contributed by atoms with Crippen molar-refractivity contribution in [3.05, 3.63) is 30.3 Å². The maximum atomic E-state index is 11.7. The van der Waals surface area contributed by atoms with Crippen LogP contribution in [0.2, 0.25) is 0 Å². The van der Waals surface area contributed by atoms with Crippen LogP contribution in [0, 0.1) is 5.92 Å². The third-order valence-electron chi connectivity index (χ3n) is 4.26. The van der Waals surface area contributed by atoms with Crippen LogP contribution in [-0.4, -0.2) is 29.3 Å². The molecule has 2 rings (SSSR count). The zero-order chi connectivity index (χ0) is 15.1. The van der Waals surface area contributed by atoms with E-state index in [0.29, 0.717) is 6.04 Å². The van der Waals surface area contributed by atoms with Gasteiger partial charge in [0.05, 0.1) is 0 Å². The Balaban J connectivity index is 1.74. The lowest BCUT2D eigenvalue weighted by Crippen LogP contribution is -2.45. The van der Waals surface area contributed by atoms with E-state index in [1.807, 2.05) is 22.7 Å². The lowest BCUT2D eigenvalue weighted by Gasteiger charge is -2.35.